The van der Waals surface area contributed by atoms with E-state index in [1.807, 2.05) is 13.8 Å². The van der Waals surface area contributed by atoms with Crippen molar-refractivity contribution in [1.29, 1.82) is 0 Å². The normalized spacial score (nSPS) is 11.9. The Labute approximate surface area is 184 Å². The number of rotatable bonds is 8. The van der Waals surface area contributed by atoms with Gasteiger partial charge < -0.3 is 13.9 Å². The van der Waals surface area contributed by atoms with E-state index in [-0.39, 0.29) is 18.2 Å². The lowest BCUT2D eigenvalue weighted by Crippen LogP contribution is -2.30. The van der Waals surface area contributed by atoms with Crippen molar-refractivity contribution in [2.24, 2.45) is 0 Å². The monoisotopic (exact) mass is 445 g/mol. The van der Waals surface area contributed by atoms with Gasteiger partial charge in [0.25, 0.3) is 6.43 Å². The first-order valence-electron chi connectivity index (χ1n) is 10.1. The number of methoxy groups -OCH3 is 1. The predicted molar refractivity (Wildman–Crippen MR) is 113 cm³/mol. The Kier molecular flexibility index (Phi) is 6.57. The van der Waals surface area contributed by atoms with Crippen LogP contribution in [0.25, 0.3) is 5.65 Å². The van der Waals surface area contributed by atoms with Crippen molar-refractivity contribution in [3.05, 3.63) is 59.3 Å². The molecule has 0 aliphatic carbocycles. The van der Waals surface area contributed by atoms with Gasteiger partial charge in [0, 0.05) is 30.4 Å². The molecule has 0 unspecified atom stereocenters. The van der Waals surface area contributed by atoms with Crippen LogP contribution < -0.4 is 4.74 Å². The molecule has 32 heavy (non-hydrogen) atoms. The molecule has 0 saturated heterocycles. The smallest absolute Gasteiger partial charge is 0.317 e. The van der Waals surface area contributed by atoms with Crippen LogP contribution in [-0.2, 0) is 21.4 Å². The highest BCUT2D eigenvalue weighted by atomic mass is 19.3. The first kappa shape index (κ1) is 23.3. The van der Waals surface area contributed by atoms with Crippen LogP contribution in [0.2, 0.25) is 0 Å². The van der Waals surface area contributed by atoms with Gasteiger partial charge in [-0.2, -0.15) is 0 Å². The fourth-order valence-corrected chi connectivity index (χ4v) is 3.21. The number of pyridine rings is 2. The van der Waals surface area contributed by atoms with Crippen LogP contribution in [0.1, 0.15) is 61.6 Å². The van der Waals surface area contributed by atoms with E-state index in [9.17, 15) is 18.4 Å². The summed E-state index contributed by atoms with van der Waals surface area (Å²) in [4.78, 5) is 33.3. The Morgan fingerprint density at radius 2 is 1.88 bits per heavy atom. The van der Waals surface area contributed by atoms with Crippen LogP contribution in [0.15, 0.2) is 36.7 Å². The molecule has 0 N–H and O–H groups in total. The average molecular weight is 445 g/mol. The van der Waals surface area contributed by atoms with Gasteiger partial charge in [-0.15, -0.1) is 0 Å². The highest BCUT2D eigenvalue weighted by Gasteiger charge is 2.34. The van der Waals surface area contributed by atoms with Gasteiger partial charge >= 0.3 is 5.97 Å². The molecule has 0 radical (unpaired) electrons. The van der Waals surface area contributed by atoms with Gasteiger partial charge in [0.05, 0.1) is 18.9 Å². The minimum absolute atomic E-state index is 0.0449. The molecule has 0 atom stereocenters. The van der Waals surface area contributed by atoms with Crippen molar-refractivity contribution in [2.75, 3.05) is 7.11 Å². The molecule has 0 bridgehead atoms. The molecule has 0 fully saturated rings. The fraction of sp³-hybridized carbons (Fsp3) is 0.391. The third-order valence-corrected chi connectivity index (χ3v) is 4.96. The van der Waals surface area contributed by atoms with Gasteiger partial charge in [0.15, 0.2) is 5.78 Å². The van der Waals surface area contributed by atoms with Crippen molar-refractivity contribution >= 4 is 17.4 Å². The van der Waals surface area contributed by atoms with E-state index in [2.05, 4.69) is 9.97 Å². The van der Waals surface area contributed by atoms with E-state index in [1.54, 1.807) is 36.7 Å². The largest absolute Gasteiger partial charge is 0.491 e. The fourth-order valence-electron chi connectivity index (χ4n) is 3.21. The maximum absolute atomic E-state index is 13.0. The number of fused-ring (bicyclic) bond motifs is 1. The summed E-state index contributed by atoms with van der Waals surface area (Å²) >= 11 is 0. The Hall–Kier alpha value is -3.36. The Balaban J connectivity index is 2.02. The van der Waals surface area contributed by atoms with E-state index in [0.717, 1.165) is 0 Å². The second kappa shape index (κ2) is 9.02. The molecule has 7 nitrogen and oxygen atoms in total. The first-order chi connectivity index (χ1) is 15.0. The summed E-state index contributed by atoms with van der Waals surface area (Å²) in [5.74, 6) is -0.408. The summed E-state index contributed by atoms with van der Waals surface area (Å²) in [6.07, 6.45) is 0.334. The maximum atomic E-state index is 13.0. The van der Waals surface area contributed by atoms with E-state index >= 15 is 0 Å². The summed E-state index contributed by atoms with van der Waals surface area (Å²) in [6, 6.07) is 5.65. The second-order valence-electron chi connectivity index (χ2n) is 8.19. The number of ether oxygens (including phenoxy) is 2. The number of carbonyl (C=O) groups excluding carboxylic acids is 2. The molecule has 3 heterocycles. The van der Waals surface area contributed by atoms with E-state index in [1.165, 1.54) is 25.3 Å². The average Bonchev–Trinajstić information content (AvgIpc) is 3.16. The third kappa shape index (κ3) is 4.76. The lowest BCUT2D eigenvalue weighted by molar-refractivity contribution is -0.146. The maximum Gasteiger partial charge on any atom is 0.317 e. The van der Waals surface area contributed by atoms with Gasteiger partial charge in [0.2, 0.25) is 0 Å². The number of carbonyl (C=O) groups is 2. The number of hydrogen-bond acceptors (Lipinski definition) is 6. The van der Waals surface area contributed by atoms with Crippen LogP contribution in [0.3, 0.4) is 0 Å². The van der Waals surface area contributed by atoms with Crippen molar-refractivity contribution in [2.45, 2.75) is 52.1 Å². The third-order valence-electron chi connectivity index (χ3n) is 4.96. The molecule has 3 aromatic heterocycles. The number of esters is 1. The van der Waals surface area contributed by atoms with Crippen LogP contribution in [0, 0.1) is 0 Å². The standard InChI is InChI=1S/C23H25F2N3O4/c1-13(2)32-18-10-20-27-19(23(3,4)22(30)31-5)12-28(20)11-14(18)9-17(29)15-7-6-8-16(26-15)21(24)25/h6-8,10-13,21H,9H2,1-5H3. The van der Waals surface area contributed by atoms with Crippen LogP contribution in [0.4, 0.5) is 8.78 Å². The summed E-state index contributed by atoms with van der Waals surface area (Å²) in [7, 11) is 1.31. The molecule has 0 aliphatic rings. The van der Waals surface area contributed by atoms with Crippen LogP contribution >= 0.6 is 0 Å². The summed E-state index contributed by atoms with van der Waals surface area (Å²) < 4.78 is 38.4. The number of nitrogens with zero attached hydrogens (tertiary/aromatic N) is 3. The number of aromatic nitrogens is 3. The van der Waals surface area contributed by atoms with Gasteiger partial charge in [-0.3, -0.25) is 9.59 Å². The highest BCUT2D eigenvalue weighted by Crippen LogP contribution is 2.28. The van der Waals surface area contributed by atoms with Crippen molar-refractivity contribution < 1.29 is 27.8 Å². The SMILES string of the molecule is COC(=O)C(C)(C)c1cn2cc(CC(=O)c3cccc(C(F)F)n3)c(OC(C)C)cc2n1. The van der Waals surface area contributed by atoms with Crippen molar-refractivity contribution in [3.8, 4) is 5.75 Å². The van der Waals surface area contributed by atoms with Crippen LogP contribution in [-0.4, -0.2) is 39.3 Å². The van der Waals surface area contributed by atoms with Gasteiger partial charge in [0.1, 0.15) is 28.2 Å². The van der Waals surface area contributed by atoms with Crippen LogP contribution in [0.5, 0.6) is 5.75 Å². The van der Waals surface area contributed by atoms with Crippen molar-refractivity contribution in [3.63, 3.8) is 0 Å². The second-order valence-corrected chi connectivity index (χ2v) is 8.19. The van der Waals surface area contributed by atoms with Crippen molar-refractivity contribution in [1.82, 2.24) is 14.4 Å². The summed E-state index contributed by atoms with van der Waals surface area (Å²) in [5, 5.41) is 0. The predicted octanol–water partition coefficient (Wildman–Crippen LogP) is 4.33. The zero-order valence-corrected chi connectivity index (χ0v) is 18.6. The summed E-state index contributed by atoms with van der Waals surface area (Å²) in [6.45, 7) is 7.11. The number of ketones is 1. The van der Waals surface area contributed by atoms with Gasteiger partial charge in [-0.05, 0) is 39.8 Å². The molecule has 0 amide bonds. The lowest BCUT2D eigenvalue weighted by Gasteiger charge is -2.18. The Morgan fingerprint density at radius 3 is 2.50 bits per heavy atom. The zero-order valence-electron chi connectivity index (χ0n) is 18.6. The summed E-state index contributed by atoms with van der Waals surface area (Å²) in [5.41, 5.74) is 0.0949. The van der Waals surface area contributed by atoms with E-state index in [0.29, 0.717) is 22.7 Å². The molecule has 0 aliphatic heterocycles. The van der Waals surface area contributed by atoms with Gasteiger partial charge in [-0.25, -0.2) is 18.7 Å². The molecule has 9 heteroatoms. The molecule has 0 spiro atoms. The topological polar surface area (TPSA) is 82.8 Å². The van der Waals surface area contributed by atoms with E-state index in [4.69, 9.17) is 9.47 Å². The molecule has 170 valence electrons. The minimum atomic E-state index is -2.76. The quantitative estimate of drug-likeness (QED) is 0.379. The minimum Gasteiger partial charge on any atom is -0.491 e. The molecule has 3 aromatic rings. The number of alkyl halides is 2. The molecule has 3 rings (SSSR count). The molecule has 0 saturated carbocycles. The Morgan fingerprint density at radius 1 is 1.16 bits per heavy atom. The van der Waals surface area contributed by atoms with Gasteiger partial charge in [-0.1, -0.05) is 6.07 Å². The number of halogens is 2. The number of hydrogen-bond donors (Lipinski definition) is 0. The highest BCUT2D eigenvalue weighted by molar-refractivity contribution is 5.96. The Bertz CT molecular complexity index is 1160. The molecular formula is C23H25F2N3O4. The first-order valence-corrected chi connectivity index (χ1v) is 10.1. The van der Waals surface area contributed by atoms with E-state index < -0.39 is 29.3 Å². The zero-order chi connectivity index (χ0) is 23.6. The molecule has 0 aromatic carbocycles. The molecular weight excluding hydrogens is 420 g/mol. The lowest BCUT2D eigenvalue weighted by atomic mass is 9.90. The number of Topliss-reactive ketones (excluding diaryl/α,β-unsaturated/α-hetero) is 1. The number of imidazole rings is 1.